The van der Waals surface area contributed by atoms with E-state index in [0.29, 0.717) is 29.7 Å². The third-order valence-electron chi connectivity index (χ3n) is 4.05. The number of aryl methyl sites for hydroxylation is 1. The fraction of sp³-hybridized carbons (Fsp3) is 0.286. The highest BCUT2D eigenvalue weighted by atomic mass is 16.5. The number of nitrogens with zero attached hydrogens (tertiary/aromatic N) is 3. The van der Waals surface area contributed by atoms with E-state index in [1.807, 2.05) is 45.0 Å². The van der Waals surface area contributed by atoms with Crippen LogP contribution in [0.2, 0.25) is 0 Å². The van der Waals surface area contributed by atoms with Crippen LogP contribution in [-0.4, -0.2) is 34.4 Å². The lowest BCUT2D eigenvalue weighted by atomic mass is 10.1. The van der Waals surface area contributed by atoms with Crippen molar-refractivity contribution in [2.75, 3.05) is 13.7 Å². The summed E-state index contributed by atoms with van der Waals surface area (Å²) in [5.74, 6) is 1.21. The summed E-state index contributed by atoms with van der Waals surface area (Å²) >= 11 is 0. The van der Waals surface area contributed by atoms with E-state index < -0.39 is 0 Å². The molecule has 2 aromatic carbocycles. The number of benzene rings is 2. The minimum atomic E-state index is -0.275. The lowest BCUT2D eigenvalue weighted by Crippen LogP contribution is -2.15. The first kappa shape index (κ1) is 18.6. The number of carbonyl (C=O) groups excluding carboxylic acids is 1. The summed E-state index contributed by atoms with van der Waals surface area (Å²) in [5, 5.41) is 4.32. The first-order valence-electron chi connectivity index (χ1n) is 8.84. The Labute approximate surface area is 158 Å². The van der Waals surface area contributed by atoms with Crippen molar-refractivity contribution >= 4 is 5.91 Å². The second-order valence-corrected chi connectivity index (χ2v) is 6.68. The zero-order chi connectivity index (χ0) is 19.4. The van der Waals surface area contributed by atoms with E-state index >= 15 is 0 Å². The first-order chi connectivity index (χ1) is 13.0. The van der Waals surface area contributed by atoms with Gasteiger partial charge in [-0.25, -0.2) is 0 Å². The zero-order valence-corrected chi connectivity index (χ0v) is 16.0. The Bertz CT molecular complexity index is 930. The van der Waals surface area contributed by atoms with Crippen LogP contribution in [0.15, 0.2) is 48.5 Å². The molecular weight excluding hydrogens is 342 g/mol. The molecule has 1 heterocycles. The Kier molecular flexibility index (Phi) is 5.54. The summed E-state index contributed by atoms with van der Waals surface area (Å²) < 4.78 is 12.1. The normalized spacial score (nSPS) is 10.9. The molecule has 0 unspecified atom stereocenters. The van der Waals surface area contributed by atoms with Crippen molar-refractivity contribution in [3.63, 3.8) is 0 Å². The summed E-state index contributed by atoms with van der Waals surface area (Å²) in [6.45, 7) is 6.54. The molecule has 140 valence electrons. The second-order valence-electron chi connectivity index (χ2n) is 6.68. The quantitative estimate of drug-likeness (QED) is 0.661. The molecule has 0 aliphatic rings. The monoisotopic (exact) mass is 365 g/mol. The van der Waals surface area contributed by atoms with Crippen LogP contribution in [0, 0.1) is 12.8 Å². The van der Waals surface area contributed by atoms with Crippen LogP contribution in [0.1, 0.15) is 29.8 Å². The maximum Gasteiger partial charge on any atom is 0.336 e. The Hall–Kier alpha value is -3.15. The maximum atomic E-state index is 13.1. The van der Waals surface area contributed by atoms with Crippen LogP contribution >= 0.6 is 0 Å². The molecular formula is C21H23N3O3. The van der Waals surface area contributed by atoms with E-state index in [-0.39, 0.29) is 11.9 Å². The third kappa shape index (κ3) is 4.16. The molecule has 0 saturated heterocycles. The number of ether oxygens (including phenoxy) is 2. The molecule has 6 heteroatoms. The first-order valence-corrected chi connectivity index (χ1v) is 8.84. The van der Waals surface area contributed by atoms with Gasteiger partial charge in [-0.2, -0.15) is 9.67 Å². The van der Waals surface area contributed by atoms with Crippen molar-refractivity contribution in [1.82, 2.24) is 14.8 Å². The van der Waals surface area contributed by atoms with Crippen LogP contribution < -0.4 is 9.47 Å². The predicted octanol–water partition coefficient (Wildman–Crippen LogP) is 3.99. The van der Waals surface area contributed by atoms with Crippen LogP contribution in [0.5, 0.6) is 11.8 Å². The Morgan fingerprint density at radius 2 is 1.81 bits per heavy atom. The van der Waals surface area contributed by atoms with E-state index in [1.165, 1.54) is 4.68 Å². The van der Waals surface area contributed by atoms with Crippen LogP contribution in [0.25, 0.3) is 11.4 Å². The van der Waals surface area contributed by atoms with Crippen molar-refractivity contribution in [2.45, 2.75) is 20.8 Å². The molecule has 0 radical (unpaired) electrons. The molecule has 3 rings (SSSR count). The van der Waals surface area contributed by atoms with Gasteiger partial charge in [0.05, 0.1) is 13.7 Å². The van der Waals surface area contributed by atoms with Gasteiger partial charge in [-0.15, -0.1) is 5.10 Å². The molecule has 3 aromatic rings. The number of carbonyl (C=O) groups is 1. The molecule has 1 aromatic heterocycles. The fourth-order valence-electron chi connectivity index (χ4n) is 2.59. The molecule has 0 fully saturated rings. The highest BCUT2D eigenvalue weighted by molar-refractivity contribution is 5.97. The fourth-order valence-corrected chi connectivity index (χ4v) is 2.59. The zero-order valence-electron chi connectivity index (χ0n) is 16.0. The van der Waals surface area contributed by atoms with Crippen molar-refractivity contribution in [3.8, 4) is 23.1 Å². The standard InChI is InChI=1S/C21H23N3O3/c1-14(2)13-27-21-22-19(18-8-6-5-7-15(18)3)24(23-21)20(25)16-9-11-17(26-4)12-10-16/h5-12,14H,13H2,1-4H3. The molecule has 0 bridgehead atoms. The van der Waals surface area contributed by atoms with E-state index in [2.05, 4.69) is 10.1 Å². The van der Waals surface area contributed by atoms with Crippen molar-refractivity contribution in [2.24, 2.45) is 5.92 Å². The summed E-state index contributed by atoms with van der Waals surface area (Å²) in [7, 11) is 1.59. The van der Waals surface area contributed by atoms with E-state index in [4.69, 9.17) is 9.47 Å². The number of hydrogen-bond donors (Lipinski definition) is 0. The highest BCUT2D eigenvalue weighted by Crippen LogP contribution is 2.25. The Morgan fingerprint density at radius 3 is 2.44 bits per heavy atom. The molecule has 0 amide bonds. The van der Waals surface area contributed by atoms with E-state index in [9.17, 15) is 4.79 Å². The molecule has 0 aliphatic heterocycles. The lowest BCUT2D eigenvalue weighted by Gasteiger charge is -2.07. The minimum Gasteiger partial charge on any atom is -0.497 e. The van der Waals surface area contributed by atoms with Gasteiger partial charge in [0.1, 0.15) is 5.75 Å². The van der Waals surface area contributed by atoms with Gasteiger partial charge in [0.25, 0.3) is 5.91 Å². The molecule has 0 saturated carbocycles. The van der Waals surface area contributed by atoms with Gasteiger partial charge < -0.3 is 9.47 Å². The Balaban J connectivity index is 2.03. The van der Waals surface area contributed by atoms with Crippen molar-refractivity contribution in [3.05, 3.63) is 59.7 Å². The summed E-state index contributed by atoms with van der Waals surface area (Å²) in [5.41, 5.74) is 2.33. The smallest absolute Gasteiger partial charge is 0.336 e. The number of rotatable bonds is 6. The lowest BCUT2D eigenvalue weighted by molar-refractivity contribution is 0.0944. The third-order valence-corrected chi connectivity index (χ3v) is 4.05. The van der Waals surface area contributed by atoms with Gasteiger partial charge in [0.2, 0.25) is 0 Å². The van der Waals surface area contributed by atoms with E-state index in [0.717, 1.165) is 11.1 Å². The molecule has 0 N–H and O–H groups in total. The number of methoxy groups -OCH3 is 1. The number of aromatic nitrogens is 3. The van der Waals surface area contributed by atoms with Gasteiger partial charge >= 0.3 is 6.01 Å². The van der Waals surface area contributed by atoms with Crippen LogP contribution in [0.3, 0.4) is 0 Å². The Morgan fingerprint density at radius 1 is 1.11 bits per heavy atom. The summed E-state index contributed by atoms with van der Waals surface area (Å²) in [6, 6.07) is 14.8. The van der Waals surface area contributed by atoms with E-state index in [1.54, 1.807) is 31.4 Å². The van der Waals surface area contributed by atoms with Crippen LogP contribution in [-0.2, 0) is 0 Å². The SMILES string of the molecule is COc1ccc(C(=O)n2nc(OCC(C)C)nc2-c2ccccc2C)cc1. The van der Waals surface area contributed by atoms with Gasteiger partial charge in [0, 0.05) is 11.1 Å². The average molecular weight is 365 g/mol. The van der Waals surface area contributed by atoms with Crippen molar-refractivity contribution in [1.29, 1.82) is 0 Å². The van der Waals surface area contributed by atoms with Crippen molar-refractivity contribution < 1.29 is 14.3 Å². The van der Waals surface area contributed by atoms with Gasteiger partial charge in [-0.3, -0.25) is 4.79 Å². The predicted molar refractivity (Wildman–Crippen MR) is 103 cm³/mol. The maximum absolute atomic E-state index is 13.1. The van der Waals surface area contributed by atoms with Gasteiger partial charge in [0.15, 0.2) is 5.82 Å². The van der Waals surface area contributed by atoms with Crippen LogP contribution in [0.4, 0.5) is 0 Å². The highest BCUT2D eigenvalue weighted by Gasteiger charge is 2.21. The number of hydrogen-bond acceptors (Lipinski definition) is 5. The van der Waals surface area contributed by atoms with Gasteiger partial charge in [-0.05, 0) is 42.7 Å². The summed E-state index contributed by atoms with van der Waals surface area (Å²) in [4.78, 5) is 17.5. The minimum absolute atomic E-state index is 0.198. The molecule has 0 atom stereocenters. The molecule has 0 spiro atoms. The molecule has 0 aliphatic carbocycles. The van der Waals surface area contributed by atoms with Gasteiger partial charge in [-0.1, -0.05) is 38.1 Å². The largest absolute Gasteiger partial charge is 0.497 e. The summed E-state index contributed by atoms with van der Waals surface area (Å²) in [6.07, 6.45) is 0. The molecule has 27 heavy (non-hydrogen) atoms. The molecule has 6 nitrogen and oxygen atoms in total. The second kappa shape index (κ2) is 8.03. The average Bonchev–Trinajstić information content (AvgIpc) is 3.10. The topological polar surface area (TPSA) is 66.2 Å².